The predicted octanol–water partition coefficient (Wildman–Crippen LogP) is 5.72. The molecule has 1 heterocycles. The minimum atomic E-state index is -2.66. The highest BCUT2D eigenvalue weighted by molar-refractivity contribution is 7.58. The first-order chi connectivity index (χ1) is 17.3. The zero-order valence-corrected chi connectivity index (χ0v) is 25.6. The summed E-state index contributed by atoms with van der Waals surface area (Å²) in [4.78, 5) is 24.9. The third-order valence-electron chi connectivity index (χ3n) is 6.37. The number of cyclic esters (lactones) is 1. The monoisotopic (exact) mass is 553 g/mol. The quantitative estimate of drug-likeness (QED) is 0.128. The zero-order valence-electron chi connectivity index (χ0n) is 23.7. The van der Waals surface area contributed by atoms with Crippen molar-refractivity contribution in [1.82, 2.24) is 5.32 Å². The molecule has 1 aliphatic heterocycles. The number of nitrogens with one attached hydrogen (secondary N) is 1. The summed E-state index contributed by atoms with van der Waals surface area (Å²) < 4.78 is 34.8. The SMILES string of the molecule is CCOP(C)(=O)CCNC(=O)CC/C(C)=C/Cc1c(OC)c(C)c2c(c1OCC[Si](C)(C)C)C(=O)OC2. The maximum Gasteiger partial charge on any atom is 0.342 e. The van der Waals surface area contributed by atoms with Crippen molar-refractivity contribution < 1.29 is 32.9 Å². The van der Waals surface area contributed by atoms with Crippen LogP contribution in [-0.2, 0) is 31.6 Å². The zero-order chi connectivity index (χ0) is 27.8. The number of ether oxygens (including phenoxy) is 3. The molecule has 0 saturated carbocycles. The Labute approximate surface area is 222 Å². The van der Waals surface area contributed by atoms with Gasteiger partial charge in [0.25, 0.3) is 0 Å². The third-order valence-corrected chi connectivity index (χ3v) is 9.91. The van der Waals surface area contributed by atoms with Crippen molar-refractivity contribution in [1.29, 1.82) is 0 Å². The van der Waals surface area contributed by atoms with E-state index in [9.17, 15) is 14.2 Å². The third kappa shape index (κ3) is 9.31. The van der Waals surface area contributed by atoms with Crippen LogP contribution in [0.3, 0.4) is 0 Å². The molecule has 0 saturated heterocycles. The van der Waals surface area contributed by atoms with Crippen LogP contribution < -0.4 is 14.8 Å². The van der Waals surface area contributed by atoms with Gasteiger partial charge in [0.1, 0.15) is 23.7 Å². The lowest BCUT2D eigenvalue weighted by atomic mass is 9.94. The number of allylic oxidation sites excluding steroid dienone is 2. The number of methoxy groups -OCH3 is 1. The maximum atomic E-state index is 12.6. The van der Waals surface area contributed by atoms with Crippen LogP contribution in [0.1, 0.15) is 53.7 Å². The molecule has 0 aromatic heterocycles. The first-order valence-electron chi connectivity index (χ1n) is 12.9. The highest BCUT2D eigenvalue weighted by Crippen LogP contribution is 2.43. The molecular formula is C27H44NO7PSi. The Bertz CT molecular complexity index is 1060. The molecule has 8 nitrogen and oxygen atoms in total. The number of benzene rings is 1. The van der Waals surface area contributed by atoms with E-state index in [0.29, 0.717) is 62.2 Å². The summed E-state index contributed by atoms with van der Waals surface area (Å²) in [6, 6.07) is 0.967. The number of rotatable bonds is 15. The van der Waals surface area contributed by atoms with Crippen LogP contribution in [0, 0.1) is 6.92 Å². The van der Waals surface area contributed by atoms with Crippen LogP contribution >= 0.6 is 7.37 Å². The Morgan fingerprint density at radius 1 is 1.22 bits per heavy atom. The minimum Gasteiger partial charge on any atom is -0.496 e. The Hall–Kier alpha value is -2.09. The highest BCUT2D eigenvalue weighted by atomic mass is 31.2. The second-order valence-electron chi connectivity index (χ2n) is 10.8. The molecule has 0 aliphatic carbocycles. The lowest BCUT2D eigenvalue weighted by Gasteiger charge is -2.21. The van der Waals surface area contributed by atoms with E-state index in [0.717, 1.165) is 28.3 Å². The summed E-state index contributed by atoms with van der Waals surface area (Å²) >= 11 is 0. The number of amides is 1. The molecule has 1 N–H and O–H groups in total. The molecule has 0 fully saturated rings. The van der Waals surface area contributed by atoms with Crippen LogP contribution in [0.2, 0.25) is 25.7 Å². The molecule has 208 valence electrons. The van der Waals surface area contributed by atoms with Crippen LogP contribution in [0.15, 0.2) is 11.6 Å². The van der Waals surface area contributed by atoms with Crippen LogP contribution in [0.25, 0.3) is 0 Å². The van der Waals surface area contributed by atoms with E-state index in [-0.39, 0.29) is 18.5 Å². The maximum absolute atomic E-state index is 12.6. The first-order valence-corrected chi connectivity index (χ1v) is 18.9. The fourth-order valence-corrected chi connectivity index (χ4v) is 6.05. The minimum absolute atomic E-state index is 0.0895. The second-order valence-corrected chi connectivity index (χ2v) is 19.2. The van der Waals surface area contributed by atoms with Gasteiger partial charge in [-0.25, -0.2) is 4.79 Å². The Balaban J connectivity index is 2.14. The number of carbonyl (C=O) groups excluding carboxylic acids is 2. The lowest BCUT2D eigenvalue weighted by Crippen LogP contribution is -2.26. The van der Waals surface area contributed by atoms with E-state index in [1.807, 2.05) is 13.8 Å². The number of carbonyl (C=O) groups is 2. The molecule has 1 atom stereocenters. The van der Waals surface area contributed by atoms with Crippen LogP contribution in [0.5, 0.6) is 11.5 Å². The van der Waals surface area contributed by atoms with Crippen molar-refractivity contribution in [2.45, 2.75) is 72.3 Å². The van der Waals surface area contributed by atoms with E-state index in [2.05, 4.69) is 31.0 Å². The molecule has 1 aliphatic rings. The fraction of sp³-hybridized carbons (Fsp3) is 0.630. The van der Waals surface area contributed by atoms with Gasteiger partial charge >= 0.3 is 5.97 Å². The van der Waals surface area contributed by atoms with Crippen molar-refractivity contribution >= 4 is 27.3 Å². The topological polar surface area (TPSA) is 100 Å². The molecule has 1 unspecified atom stereocenters. The fourth-order valence-electron chi connectivity index (χ4n) is 4.14. The number of esters is 1. The average Bonchev–Trinajstić information content (AvgIpc) is 3.18. The molecule has 1 aromatic rings. The van der Waals surface area contributed by atoms with E-state index in [4.69, 9.17) is 18.7 Å². The smallest absolute Gasteiger partial charge is 0.342 e. The predicted molar refractivity (Wildman–Crippen MR) is 150 cm³/mol. The summed E-state index contributed by atoms with van der Waals surface area (Å²) in [7, 11) is -2.36. The summed E-state index contributed by atoms with van der Waals surface area (Å²) in [5.74, 6) is 0.815. The van der Waals surface area contributed by atoms with Gasteiger partial charge in [0.05, 0.1) is 20.3 Å². The van der Waals surface area contributed by atoms with E-state index in [1.165, 1.54) is 0 Å². The number of fused-ring (bicyclic) bond motifs is 1. The molecule has 10 heteroatoms. The largest absolute Gasteiger partial charge is 0.496 e. The molecule has 1 amide bonds. The van der Waals surface area contributed by atoms with E-state index >= 15 is 0 Å². The van der Waals surface area contributed by atoms with Crippen LogP contribution in [-0.4, -0.2) is 59.6 Å². The summed E-state index contributed by atoms with van der Waals surface area (Å²) in [6.07, 6.45) is 3.80. The van der Waals surface area contributed by atoms with Crippen molar-refractivity contribution in [3.63, 3.8) is 0 Å². The highest BCUT2D eigenvalue weighted by Gasteiger charge is 2.33. The van der Waals surface area contributed by atoms with Gasteiger partial charge in [-0.3, -0.25) is 9.36 Å². The first kappa shape index (κ1) is 31.1. The molecule has 0 spiro atoms. The Kier molecular flexibility index (Phi) is 11.5. The van der Waals surface area contributed by atoms with E-state index < -0.39 is 15.4 Å². The van der Waals surface area contributed by atoms with Gasteiger partial charge in [0.2, 0.25) is 13.3 Å². The number of hydrogen-bond donors (Lipinski definition) is 1. The summed E-state index contributed by atoms with van der Waals surface area (Å²) in [5.41, 5.74) is 4.09. The standard InChI is InChI=1S/C27H44NO7PSi/c1-9-35-36(5,31)16-14-28-23(29)13-11-19(2)10-12-21-25(32-4)20(3)22-18-34-27(30)24(22)26(21)33-15-17-37(6,7)8/h10H,9,11-18H2,1-8H3,(H,28,29)/b19-10+. The van der Waals surface area contributed by atoms with Gasteiger partial charge in [-0.15, -0.1) is 0 Å². The summed E-state index contributed by atoms with van der Waals surface area (Å²) in [5, 5.41) is 2.82. The van der Waals surface area contributed by atoms with Crippen LogP contribution in [0.4, 0.5) is 0 Å². The summed E-state index contributed by atoms with van der Waals surface area (Å²) in [6.45, 7) is 15.7. The molecule has 2 rings (SSSR count). The average molecular weight is 554 g/mol. The Morgan fingerprint density at radius 2 is 1.92 bits per heavy atom. The molecule has 37 heavy (non-hydrogen) atoms. The molecule has 0 bridgehead atoms. The van der Waals surface area contributed by atoms with E-state index in [1.54, 1.807) is 20.7 Å². The molecule has 1 aromatic carbocycles. The second kappa shape index (κ2) is 13.6. The number of hydrogen-bond acceptors (Lipinski definition) is 7. The van der Waals surface area contributed by atoms with Crippen molar-refractivity contribution in [2.75, 3.05) is 39.7 Å². The van der Waals surface area contributed by atoms with Gasteiger partial charge in [-0.2, -0.15) is 0 Å². The van der Waals surface area contributed by atoms with Crippen molar-refractivity contribution in [3.05, 3.63) is 33.9 Å². The van der Waals surface area contributed by atoms with Gasteiger partial charge in [0.15, 0.2) is 0 Å². The normalized spacial score (nSPS) is 15.1. The lowest BCUT2D eigenvalue weighted by molar-refractivity contribution is -0.120. The van der Waals surface area contributed by atoms with Crippen molar-refractivity contribution in [3.8, 4) is 11.5 Å². The Morgan fingerprint density at radius 3 is 2.54 bits per heavy atom. The van der Waals surface area contributed by atoms with Gasteiger partial charge < -0.3 is 24.1 Å². The molecular weight excluding hydrogens is 509 g/mol. The van der Waals surface area contributed by atoms with Gasteiger partial charge in [0, 0.05) is 45.0 Å². The molecule has 0 radical (unpaired) electrons. The van der Waals surface area contributed by atoms with Gasteiger partial charge in [-0.05, 0) is 45.2 Å². The van der Waals surface area contributed by atoms with Crippen molar-refractivity contribution in [2.24, 2.45) is 0 Å². The van der Waals surface area contributed by atoms with Gasteiger partial charge in [-0.1, -0.05) is 31.3 Å².